The Morgan fingerprint density at radius 3 is 2.67 bits per heavy atom. The molecule has 0 spiro atoms. The second-order valence-electron chi connectivity index (χ2n) is 5.56. The first-order valence-electron chi connectivity index (χ1n) is 6.87. The van der Waals surface area contributed by atoms with Crippen molar-refractivity contribution in [2.24, 2.45) is 11.7 Å². The lowest BCUT2D eigenvalue weighted by Gasteiger charge is -2.28. The molecule has 1 fully saturated rings. The van der Waals surface area contributed by atoms with Crippen molar-refractivity contribution >= 4 is 5.69 Å². The average molecular weight is 250 g/mol. The molecule has 0 aliphatic heterocycles. The summed E-state index contributed by atoms with van der Waals surface area (Å²) in [6.07, 6.45) is 3.45. The number of anilines is 1. The molecule has 1 aromatic rings. The van der Waals surface area contributed by atoms with Gasteiger partial charge in [0.05, 0.1) is 5.69 Å². The van der Waals surface area contributed by atoms with Crippen LogP contribution in [0.15, 0.2) is 18.2 Å². The van der Waals surface area contributed by atoms with Gasteiger partial charge in [-0.25, -0.2) is 4.39 Å². The van der Waals surface area contributed by atoms with Gasteiger partial charge in [0.25, 0.3) is 0 Å². The van der Waals surface area contributed by atoms with Gasteiger partial charge in [-0.1, -0.05) is 26.0 Å². The van der Waals surface area contributed by atoms with Crippen LogP contribution in [0.2, 0.25) is 0 Å². The molecule has 0 heterocycles. The molecule has 0 amide bonds. The van der Waals surface area contributed by atoms with Gasteiger partial charge < -0.3 is 10.6 Å². The summed E-state index contributed by atoms with van der Waals surface area (Å²) in [7, 11) is 0. The fourth-order valence-electron chi connectivity index (χ4n) is 2.31. The molecule has 1 aliphatic carbocycles. The summed E-state index contributed by atoms with van der Waals surface area (Å²) >= 11 is 0. The SMILES string of the molecule is CC(C)CCN(c1c(F)cccc1CN)C1CC1. The quantitative estimate of drug-likeness (QED) is 0.839. The fourth-order valence-corrected chi connectivity index (χ4v) is 2.31. The molecule has 1 aliphatic rings. The second kappa shape index (κ2) is 5.70. The van der Waals surface area contributed by atoms with E-state index in [0.29, 0.717) is 18.5 Å². The lowest BCUT2D eigenvalue weighted by Crippen LogP contribution is -2.30. The molecule has 18 heavy (non-hydrogen) atoms. The van der Waals surface area contributed by atoms with E-state index in [1.807, 2.05) is 6.07 Å². The van der Waals surface area contributed by atoms with Crippen molar-refractivity contribution in [3.8, 4) is 0 Å². The third kappa shape index (κ3) is 3.02. The van der Waals surface area contributed by atoms with Crippen LogP contribution in [0.5, 0.6) is 0 Å². The Morgan fingerprint density at radius 1 is 1.39 bits per heavy atom. The summed E-state index contributed by atoms with van der Waals surface area (Å²) in [5.74, 6) is 0.507. The van der Waals surface area contributed by atoms with Gasteiger partial charge in [-0.15, -0.1) is 0 Å². The Kier molecular flexibility index (Phi) is 4.23. The first-order valence-corrected chi connectivity index (χ1v) is 6.87. The van der Waals surface area contributed by atoms with E-state index in [0.717, 1.165) is 24.2 Å². The van der Waals surface area contributed by atoms with Crippen LogP contribution in [0.25, 0.3) is 0 Å². The van der Waals surface area contributed by atoms with Gasteiger partial charge in [-0.05, 0) is 36.8 Å². The molecule has 0 bridgehead atoms. The zero-order valence-corrected chi connectivity index (χ0v) is 11.3. The topological polar surface area (TPSA) is 29.3 Å². The minimum absolute atomic E-state index is 0.131. The maximum Gasteiger partial charge on any atom is 0.146 e. The molecule has 2 rings (SSSR count). The number of halogens is 1. The molecular weight excluding hydrogens is 227 g/mol. The zero-order valence-electron chi connectivity index (χ0n) is 11.3. The van der Waals surface area contributed by atoms with Gasteiger partial charge in [0.2, 0.25) is 0 Å². The largest absolute Gasteiger partial charge is 0.366 e. The first kappa shape index (κ1) is 13.3. The maximum absolute atomic E-state index is 14.1. The van der Waals surface area contributed by atoms with Crippen molar-refractivity contribution in [1.82, 2.24) is 0 Å². The van der Waals surface area contributed by atoms with E-state index in [-0.39, 0.29) is 5.82 Å². The summed E-state index contributed by atoms with van der Waals surface area (Å²) in [5, 5.41) is 0. The summed E-state index contributed by atoms with van der Waals surface area (Å²) in [4.78, 5) is 2.23. The van der Waals surface area contributed by atoms with Crippen LogP contribution in [-0.2, 0) is 6.54 Å². The molecule has 2 N–H and O–H groups in total. The molecule has 0 unspecified atom stereocenters. The number of hydrogen-bond donors (Lipinski definition) is 1. The monoisotopic (exact) mass is 250 g/mol. The third-order valence-electron chi connectivity index (χ3n) is 3.51. The second-order valence-corrected chi connectivity index (χ2v) is 5.56. The van der Waals surface area contributed by atoms with Crippen LogP contribution in [-0.4, -0.2) is 12.6 Å². The molecule has 0 aromatic heterocycles. The third-order valence-corrected chi connectivity index (χ3v) is 3.51. The predicted molar refractivity (Wildman–Crippen MR) is 74.1 cm³/mol. The molecule has 2 nitrogen and oxygen atoms in total. The molecule has 100 valence electrons. The standard InChI is InChI=1S/C15H23FN2/c1-11(2)8-9-18(13-6-7-13)15-12(10-17)4-3-5-14(15)16/h3-5,11,13H,6-10,17H2,1-2H3. The lowest BCUT2D eigenvalue weighted by atomic mass is 10.1. The van der Waals surface area contributed by atoms with Gasteiger partial charge in [0, 0.05) is 19.1 Å². The Balaban J connectivity index is 2.24. The highest BCUT2D eigenvalue weighted by Crippen LogP contribution is 2.35. The number of para-hydroxylation sites is 1. The summed E-state index contributed by atoms with van der Waals surface area (Å²) < 4.78 is 14.1. The normalized spacial score (nSPS) is 15.2. The van der Waals surface area contributed by atoms with Crippen LogP contribution >= 0.6 is 0 Å². The van der Waals surface area contributed by atoms with E-state index in [4.69, 9.17) is 5.73 Å². The van der Waals surface area contributed by atoms with Crippen LogP contribution in [0.3, 0.4) is 0 Å². The molecular formula is C15H23FN2. The number of hydrogen-bond acceptors (Lipinski definition) is 2. The Labute approximate surface area is 109 Å². The van der Waals surface area contributed by atoms with Crippen LogP contribution in [0.1, 0.15) is 38.7 Å². The van der Waals surface area contributed by atoms with Crippen LogP contribution in [0.4, 0.5) is 10.1 Å². The van der Waals surface area contributed by atoms with Crippen LogP contribution in [0, 0.1) is 11.7 Å². The average Bonchev–Trinajstić information content (AvgIpc) is 3.15. The number of nitrogens with zero attached hydrogens (tertiary/aromatic N) is 1. The van der Waals surface area contributed by atoms with Crippen LogP contribution < -0.4 is 10.6 Å². The summed E-state index contributed by atoms with van der Waals surface area (Å²) in [6, 6.07) is 5.74. The van der Waals surface area contributed by atoms with Gasteiger partial charge >= 0.3 is 0 Å². The Bertz CT molecular complexity index is 399. The van der Waals surface area contributed by atoms with Crippen molar-refractivity contribution in [1.29, 1.82) is 0 Å². The van der Waals surface area contributed by atoms with Crippen molar-refractivity contribution in [2.75, 3.05) is 11.4 Å². The lowest BCUT2D eigenvalue weighted by molar-refractivity contribution is 0.557. The van der Waals surface area contributed by atoms with Crippen molar-refractivity contribution in [3.05, 3.63) is 29.6 Å². The van der Waals surface area contributed by atoms with Crippen molar-refractivity contribution in [2.45, 2.75) is 45.7 Å². The smallest absolute Gasteiger partial charge is 0.146 e. The first-order chi connectivity index (χ1) is 8.63. The molecule has 1 aromatic carbocycles. The van der Waals surface area contributed by atoms with E-state index in [1.165, 1.54) is 12.8 Å². The van der Waals surface area contributed by atoms with E-state index >= 15 is 0 Å². The molecule has 3 heteroatoms. The van der Waals surface area contributed by atoms with Crippen molar-refractivity contribution in [3.63, 3.8) is 0 Å². The zero-order chi connectivity index (χ0) is 13.1. The van der Waals surface area contributed by atoms with E-state index in [1.54, 1.807) is 12.1 Å². The number of rotatable bonds is 6. The van der Waals surface area contributed by atoms with Gasteiger partial charge in [-0.2, -0.15) is 0 Å². The van der Waals surface area contributed by atoms with E-state index in [2.05, 4.69) is 18.7 Å². The Morgan fingerprint density at radius 2 is 2.11 bits per heavy atom. The summed E-state index contributed by atoms with van der Waals surface area (Å²) in [5.41, 5.74) is 7.40. The van der Waals surface area contributed by atoms with Gasteiger partial charge in [-0.3, -0.25) is 0 Å². The number of nitrogens with two attached hydrogens (primary N) is 1. The molecule has 0 saturated heterocycles. The molecule has 0 radical (unpaired) electrons. The molecule has 0 atom stereocenters. The highest BCUT2D eigenvalue weighted by Gasteiger charge is 2.31. The highest BCUT2D eigenvalue weighted by molar-refractivity contribution is 5.56. The summed E-state index contributed by atoms with van der Waals surface area (Å²) in [6.45, 7) is 5.74. The highest BCUT2D eigenvalue weighted by atomic mass is 19.1. The molecule has 1 saturated carbocycles. The predicted octanol–water partition coefficient (Wildman–Crippen LogP) is 3.30. The van der Waals surface area contributed by atoms with E-state index < -0.39 is 0 Å². The fraction of sp³-hybridized carbons (Fsp3) is 0.600. The number of benzene rings is 1. The van der Waals surface area contributed by atoms with Gasteiger partial charge in [0.15, 0.2) is 0 Å². The Hall–Kier alpha value is -1.09. The maximum atomic E-state index is 14.1. The minimum atomic E-state index is -0.131. The van der Waals surface area contributed by atoms with Crippen molar-refractivity contribution < 1.29 is 4.39 Å². The van der Waals surface area contributed by atoms with Gasteiger partial charge in [0.1, 0.15) is 5.82 Å². The minimum Gasteiger partial charge on any atom is -0.366 e. The van der Waals surface area contributed by atoms with E-state index in [9.17, 15) is 4.39 Å².